The Balaban J connectivity index is 1.58. The summed E-state index contributed by atoms with van der Waals surface area (Å²) in [5.41, 5.74) is -2.66. The largest absolute Gasteiger partial charge is 0.389 e. The molecule has 4 fully saturated rings. The average molecular weight is 268 g/mol. The normalized spacial score (nSPS) is 58.7. The van der Waals surface area contributed by atoms with Gasteiger partial charge in [0.25, 0.3) is 0 Å². The first kappa shape index (κ1) is 12.6. The van der Waals surface area contributed by atoms with Gasteiger partial charge in [0.15, 0.2) is 6.29 Å². The van der Waals surface area contributed by atoms with E-state index in [9.17, 15) is 15.3 Å². The van der Waals surface area contributed by atoms with E-state index in [2.05, 4.69) is 0 Å². The van der Waals surface area contributed by atoms with Gasteiger partial charge in [0, 0.05) is 18.3 Å². The summed E-state index contributed by atoms with van der Waals surface area (Å²) in [7, 11) is 0. The Kier molecular flexibility index (Phi) is 1.91. The van der Waals surface area contributed by atoms with E-state index in [1.54, 1.807) is 0 Å². The molecule has 4 heteroatoms. The molecule has 4 aliphatic carbocycles. The van der Waals surface area contributed by atoms with Crippen LogP contribution in [0, 0.1) is 16.7 Å². The van der Waals surface area contributed by atoms with Crippen molar-refractivity contribution >= 4 is 0 Å². The molecule has 4 aliphatic rings. The Bertz CT molecular complexity index is 453. The number of ether oxygens (including phenoxy) is 1. The van der Waals surface area contributed by atoms with Crippen molar-refractivity contribution in [3.63, 3.8) is 0 Å². The van der Waals surface area contributed by atoms with Gasteiger partial charge in [-0.1, -0.05) is 20.8 Å². The molecule has 0 heterocycles. The average Bonchev–Trinajstić information content (AvgIpc) is 2.23. The van der Waals surface area contributed by atoms with Crippen molar-refractivity contribution in [2.75, 3.05) is 0 Å². The molecule has 3 N–H and O–H groups in total. The first-order valence-corrected chi connectivity index (χ1v) is 7.47. The van der Waals surface area contributed by atoms with Crippen LogP contribution in [0.25, 0.3) is 0 Å². The van der Waals surface area contributed by atoms with Crippen molar-refractivity contribution in [3.05, 3.63) is 0 Å². The van der Waals surface area contributed by atoms with E-state index >= 15 is 0 Å². The van der Waals surface area contributed by atoms with Crippen LogP contribution in [-0.4, -0.2) is 38.4 Å². The van der Waals surface area contributed by atoms with Crippen molar-refractivity contribution < 1.29 is 20.1 Å². The van der Waals surface area contributed by atoms with Gasteiger partial charge in [-0.25, -0.2) is 0 Å². The lowest BCUT2D eigenvalue weighted by atomic mass is 9.13. The van der Waals surface area contributed by atoms with Gasteiger partial charge >= 0.3 is 0 Å². The van der Waals surface area contributed by atoms with Crippen LogP contribution < -0.4 is 0 Å². The van der Waals surface area contributed by atoms with E-state index in [1.165, 1.54) is 0 Å². The van der Waals surface area contributed by atoms with Gasteiger partial charge in [0.2, 0.25) is 0 Å². The zero-order chi connectivity index (χ0) is 13.9. The Labute approximate surface area is 113 Å². The third kappa shape index (κ3) is 0.945. The molecule has 1 spiro atoms. The first-order chi connectivity index (χ1) is 8.66. The van der Waals surface area contributed by atoms with E-state index in [0.717, 1.165) is 19.3 Å². The molecule has 0 aromatic heterocycles. The lowest BCUT2D eigenvalue weighted by Crippen LogP contribution is -3.04. The standard InChI is InChI=1S/C15H24O4/c1-4-11(2,3)10(16)19-14-6-9-5-12(17)7-13(18,8-14)15(9,12)14/h9-10,16-18H,4-8H2,1-3H3. The van der Waals surface area contributed by atoms with E-state index in [0.29, 0.717) is 18.8 Å². The fraction of sp³-hybridized carbons (Fsp3) is 1.00. The minimum absolute atomic E-state index is 0.296. The summed E-state index contributed by atoms with van der Waals surface area (Å²) >= 11 is 0. The van der Waals surface area contributed by atoms with Crippen molar-refractivity contribution in [3.8, 4) is 0 Å². The lowest BCUT2D eigenvalue weighted by Gasteiger charge is -2.95. The van der Waals surface area contributed by atoms with Crippen molar-refractivity contribution in [1.82, 2.24) is 0 Å². The molecular formula is C15H24O4. The molecule has 0 amide bonds. The Morgan fingerprint density at radius 3 is 2.37 bits per heavy atom. The highest BCUT2D eigenvalue weighted by atomic mass is 16.6. The third-order valence-corrected chi connectivity index (χ3v) is 7.04. The van der Waals surface area contributed by atoms with E-state index in [1.807, 2.05) is 20.8 Å². The van der Waals surface area contributed by atoms with E-state index < -0.39 is 28.5 Å². The third-order valence-electron chi connectivity index (χ3n) is 7.04. The van der Waals surface area contributed by atoms with Crippen LogP contribution in [0.4, 0.5) is 0 Å². The number of aliphatic hydroxyl groups excluding tert-OH is 1. The van der Waals surface area contributed by atoms with Gasteiger partial charge in [-0.2, -0.15) is 0 Å². The SMILES string of the molecule is CCC(C)(C)C(O)OC12CC3CC4(O)CC(O)(C1)C342. The van der Waals surface area contributed by atoms with Gasteiger partial charge in [-0.05, 0) is 25.2 Å². The molecule has 6 atom stereocenters. The topological polar surface area (TPSA) is 69.9 Å². The Morgan fingerprint density at radius 2 is 1.89 bits per heavy atom. The molecule has 0 aromatic rings. The molecule has 4 saturated carbocycles. The summed E-state index contributed by atoms with van der Waals surface area (Å²) in [5.74, 6) is 0.391. The number of rotatable bonds is 4. The molecule has 0 aliphatic heterocycles. The molecule has 19 heavy (non-hydrogen) atoms. The maximum Gasteiger partial charge on any atom is 0.160 e. The molecule has 0 radical (unpaired) electrons. The summed E-state index contributed by atoms with van der Waals surface area (Å²) in [5, 5.41) is 31.4. The first-order valence-electron chi connectivity index (χ1n) is 7.47. The predicted octanol–water partition coefficient (Wildman–Crippen LogP) is 1.18. The van der Waals surface area contributed by atoms with Crippen LogP contribution >= 0.6 is 0 Å². The minimum atomic E-state index is -0.831. The zero-order valence-corrected chi connectivity index (χ0v) is 11.9. The lowest BCUT2D eigenvalue weighted by molar-refractivity contribution is -0.566. The molecule has 4 rings (SSSR count). The highest BCUT2D eigenvalue weighted by Gasteiger charge is 3.01. The fourth-order valence-electron chi connectivity index (χ4n) is 5.89. The molecule has 4 nitrogen and oxygen atoms in total. The second kappa shape index (κ2) is 2.89. The summed E-state index contributed by atoms with van der Waals surface area (Å²) in [6.07, 6.45) is 2.75. The summed E-state index contributed by atoms with van der Waals surface area (Å²) in [6.45, 7) is 6.01. The second-order valence-electron chi connectivity index (χ2n) is 8.14. The highest BCUT2D eigenvalue weighted by molar-refractivity contribution is 5.50. The van der Waals surface area contributed by atoms with Gasteiger partial charge in [0.05, 0.1) is 22.2 Å². The van der Waals surface area contributed by atoms with Crippen molar-refractivity contribution in [2.45, 2.75) is 76.0 Å². The fourth-order valence-corrected chi connectivity index (χ4v) is 5.89. The molecule has 0 bridgehead atoms. The maximum atomic E-state index is 10.5. The quantitative estimate of drug-likeness (QED) is 0.670. The second-order valence-corrected chi connectivity index (χ2v) is 8.14. The summed E-state index contributed by atoms with van der Waals surface area (Å²) in [6, 6.07) is 0. The summed E-state index contributed by atoms with van der Waals surface area (Å²) in [4.78, 5) is 0. The van der Waals surface area contributed by atoms with Gasteiger partial charge < -0.3 is 20.1 Å². The monoisotopic (exact) mass is 268 g/mol. The molecule has 6 unspecified atom stereocenters. The van der Waals surface area contributed by atoms with Crippen molar-refractivity contribution in [2.24, 2.45) is 16.7 Å². The number of aliphatic hydroxyl groups is 3. The van der Waals surface area contributed by atoms with Crippen LogP contribution in [-0.2, 0) is 4.74 Å². The van der Waals surface area contributed by atoms with Crippen LogP contribution in [0.3, 0.4) is 0 Å². The molecule has 0 aromatic carbocycles. The number of hydrogen-bond donors (Lipinski definition) is 3. The smallest absolute Gasteiger partial charge is 0.160 e. The van der Waals surface area contributed by atoms with Crippen LogP contribution in [0.5, 0.6) is 0 Å². The summed E-state index contributed by atoms with van der Waals surface area (Å²) < 4.78 is 6.02. The Morgan fingerprint density at radius 1 is 1.21 bits per heavy atom. The van der Waals surface area contributed by atoms with Gasteiger partial charge in [-0.15, -0.1) is 0 Å². The van der Waals surface area contributed by atoms with Crippen LogP contribution in [0.1, 0.15) is 52.9 Å². The maximum absolute atomic E-state index is 10.5. The number of hydrogen-bond acceptors (Lipinski definition) is 4. The molecule has 0 saturated heterocycles. The predicted molar refractivity (Wildman–Crippen MR) is 68.2 cm³/mol. The van der Waals surface area contributed by atoms with Crippen molar-refractivity contribution in [1.29, 1.82) is 0 Å². The van der Waals surface area contributed by atoms with Crippen LogP contribution in [0.2, 0.25) is 0 Å². The Hall–Kier alpha value is -0.160. The molecular weight excluding hydrogens is 244 g/mol. The molecule has 108 valence electrons. The van der Waals surface area contributed by atoms with Gasteiger partial charge in [0.1, 0.15) is 0 Å². The van der Waals surface area contributed by atoms with E-state index in [-0.39, 0.29) is 5.41 Å². The van der Waals surface area contributed by atoms with Crippen LogP contribution in [0.15, 0.2) is 0 Å². The van der Waals surface area contributed by atoms with E-state index in [4.69, 9.17) is 4.74 Å². The van der Waals surface area contributed by atoms with Gasteiger partial charge in [-0.3, -0.25) is 0 Å². The highest BCUT2D eigenvalue weighted by Crippen LogP contribution is 2.92. The zero-order valence-electron chi connectivity index (χ0n) is 11.9. The minimum Gasteiger partial charge on any atom is -0.389 e.